The van der Waals surface area contributed by atoms with Gasteiger partial charge in [0.1, 0.15) is 11.4 Å². The molecule has 132 valence electrons. The molecule has 0 bridgehead atoms. The van der Waals surface area contributed by atoms with Crippen LogP contribution in [0.4, 0.5) is 4.79 Å². The van der Waals surface area contributed by atoms with Crippen LogP contribution in [0.5, 0.6) is 0 Å². The third kappa shape index (κ3) is 4.66. The van der Waals surface area contributed by atoms with Gasteiger partial charge in [-0.15, -0.1) is 0 Å². The molecule has 0 unspecified atom stereocenters. The van der Waals surface area contributed by atoms with Crippen LogP contribution < -0.4 is 5.73 Å². The van der Waals surface area contributed by atoms with Crippen LogP contribution in [-0.4, -0.2) is 38.4 Å². The minimum atomic E-state index is -1.10. The molecule has 0 aliphatic carbocycles. The van der Waals surface area contributed by atoms with Crippen LogP contribution in [0.15, 0.2) is 35.3 Å². The molecule has 0 saturated carbocycles. The predicted octanol–water partition coefficient (Wildman–Crippen LogP) is 2.52. The lowest BCUT2D eigenvalue weighted by molar-refractivity contribution is 0.0603. The Bertz CT molecular complexity index is 847. The van der Waals surface area contributed by atoms with E-state index in [9.17, 15) is 14.7 Å². The van der Waals surface area contributed by atoms with E-state index in [1.807, 2.05) is 0 Å². The van der Waals surface area contributed by atoms with Crippen LogP contribution in [0.25, 0.3) is 5.69 Å². The van der Waals surface area contributed by atoms with Crippen molar-refractivity contribution in [1.82, 2.24) is 9.78 Å². The van der Waals surface area contributed by atoms with Crippen LogP contribution >= 0.6 is 0 Å². The largest absolute Gasteiger partial charge is 0.477 e. The Balaban J connectivity index is 2.36. The fraction of sp³-hybridized carbons (Fsp3) is 0.294. The fourth-order valence-electron chi connectivity index (χ4n) is 2.09. The van der Waals surface area contributed by atoms with Crippen molar-refractivity contribution in [3.63, 3.8) is 0 Å². The molecule has 0 aliphatic heterocycles. The van der Waals surface area contributed by atoms with Gasteiger partial charge in [-0.1, -0.05) is 12.1 Å². The maximum atomic E-state index is 11.8. The van der Waals surface area contributed by atoms with E-state index >= 15 is 0 Å². The number of nitrogens with two attached hydrogens (primary N) is 1. The molecule has 1 aromatic heterocycles. The minimum Gasteiger partial charge on any atom is -0.477 e. The highest BCUT2D eigenvalue weighted by Gasteiger charge is 2.17. The van der Waals surface area contributed by atoms with Gasteiger partial charge in [0.15, 0.2) is 5.69 Å². The van der Waals surface area contributed by atoms with E-state index in [0.29, 0.717) is 16.9 Å². The summed E-state index contributed by atoms with van der Waals surface area (Å²) in [5, 5.41) is 13.5. The van der Waals surface area contributed by atoms with Crippen molar-refractivity contribution in [3.8, 4) is 5.69 Å². The number of rotatable bonds is 3. The number of aromatic nitrogens is 2. The molecule has 25 heavy (non-hydrogen) atoms. The molecule has 0 radical (unpaired) electrons. The first-order valence-electron chi connectivity index (χ1n) is 7.55. The minimum absolute atomic E-state index is 0.0253. The molecule has 1 aromatic carbocycles. The number of nitrogens with zero attached hydrogens (tertiary/aromatic N) is 3. The second-order valence-electron chi connectivity index (χ2n) is 6.42. The lowest BCUT2D eigenvalue weighted by atomic mass is 10.2. The molecular weight excluding hydrogens is 324 g/mol. The molecule has 0 aliphatic rings. The van der Waals surface area contributed by atoms with Gasteiger partial charge in [-0.05, 0) is 45.9 Å². The maximum Gasteiger partial charge on any atom is 0.436 e. The summed E-state index contributed by atoms with van der Waals surface area (Å²) in [6.07, 6.45) is -0.795. The monoisotopic (exact) mass is 344 g/mol. The van der Waals surface area contributed by atoms with Crippen LogP contribution in [0.1, 0.15) is 42.5 Å². The highest BCUT2D eigenvalue weighted by atomic mass is 16.6. The maximum absolute atomic E-state index is 11.8. The first kappa shape index (κ1) is 18.2. The molecule has 0 atom stereocenters. The number of aryl methyl sites for hydroxylation is 1. The number of aromatic carboxylic acids is 1. The van der Waals surface area contributed by atoms with Gasteiger partial charge in [0.05, 0.1) is 11.4 Å². The Morgan fingerprint density at radius 1 is 1.28 bits per heavy atom. The van der Waals surface area contributed by atoms with Crippen LogP contribution in [-0.2, 0) is 4.74 Å². The van der Waals surface area contributed by atoms with Crippen molar-refractivity contribution in [2.45, 2.75) is 33.3 Å². The van der Waals surface area contributed by atoms with Gasteiger partial charge in [0.25, 0.3) is 0 Å². The number of benzene rings is 1. The highest BCUT2D eigenvalue weighted by molar-refractivity contribution is 6.03. The number of carboxylic acid groups (broad SMARTS) is 1. The Kier molecular flexibility index (Phi) is 4.92. The van der Waals surface area contributed by atoms with Crippen molar-refractivity contribution in [3.05, 3.63) is 47.3 Å². The molecule has 0 saturated heterocycles. The summed E-state index contributed by atoms with van der Waals surface area (Å²) < 4.78 is 6.39. The smallest absolute Gasteiger partial charge is 0.436 e. The van der Waals surface area contributed by atoms with Crippen molar-refractivity contribution >= 4 is 17.9 Å². The third-order valence-electron chi connectivity index (χ3n) is 3.04. The quantitative estimate of drug-likeness (QED) is 0.652. The van der Waals surface area contributed by atoms with E-state index in [0.717, 1.165) is 0 Å². The Morgan fingerprint density at radius 2 is 1.96 bits per heavy atom. The molecule has 2 rings (SSSR count). The summed E-state index contributed by atoms with van der Waals surface area (Å²) in [6.45, 7) is 6.88. The molecule has 8 heteroatoms. The van der Waals surface area contributed by atoms with E-state index in [-0.39, 0.29) is 11.5 Å². The topological polar surface area (TPSA) is 120 Å². The van der Waals surface area contributed by atoms with Gasteiger partial charge < -0.3 is 15.6 Å². The molecular formula is C17H20N4O4. The van der Waals surface area contributed by atoms with Crippen molar-refractivity contribution in [2.75, 3.05) is 0 Å². The zero-order chi connectivity index (χ0) is 18.8. The van der Waals surface area contributed by atoms with Crippen LogP contribution in [0.3, 0.4) is 0 Å². The standard InChI is InChI=1S/C17H20N4O4/c1-10-8-13(15(22)23)21(20-10)12-7-5-6-11(9-12)14(18)19-16(24)25-17(2,3)4/h5-9H,1-4H3,(H,22,23)(H2,18,19,24). The first-order valence-corrected chi connectivity index (χ1v) is 7.55. The van der Waals surface area contributed by atoms with E-state index in [1.54, 1.807) is 52.0 Å². The van der Waals surface area contributed by atoms with Gasteiger partial charge in [-0.3, -0.25) is 0 Å². The molecule has 1 heterocycles. The van der Waals surface area contributed by atoms with Gasteiger partial charge in [0, 0.05) is 5.56 Å². The van der Waals surface area contributed by atoms with E-state index in [2.05, 4.69) is 10.1 Å². The summed E-state index contributed by atoms with van der Waals surface area (Å²) >= 11 is 0. The SMILES string of the molecule is Cc1cc(C(=O)O)n(-c2cccc(C(N)=NC(=O)OC(C)(C)C)c2)n1. The van der Waals surface area contributed by atoms with Crippen molar-refractivity contribution in [2.24, 2.45) is 10.7 Å². The average Bonchev–Trinajstić information content (AvgIpc) is 2.87. The van der Waals surface area contributed by atoms with Crippen LogP contribution in [0, 0.1) is 6.92 Å². The number of hydrogen-bond donors (Lipinski definition) is 2. The zero-order valence-electron chi connectivity index (χ0n) is 14.5. The second kappa shape index (κ2) is 6.76. The first-order chi connectivity index (χ1) is 11.6. The summed E-state index contributed by atoms with van der Waals surface area (Å²) in [5.74, 6) is -1.13. The molecule has 8 nitrogen and oxygen atoms in total. The molecule has 0 spiro atoms. The van der Waals surface area contributed by atoms with Crippen molar-refractivity contribution < 1.29 is 19.4 Å². The van der Waals surface area contributed by atoms with Gasteiger partial charge in [0.2, 0.25) is 0 Å². The molecule has 2 aromatic rings. The lowest BCUT2D eigenvalue weighted by Crippen LogP contribution is -2.24. The number of amides is 1. The summed E-state index contributed by atoms with van der Waals surface area (Å²) in [6, 6.07) is 8.08. The number of amidine groups is 1. The van der Waals surface area contributed by atoms with Gasteiger partial charge in [-0.25, -0.2) is 14.3 Å². The Morgan fingerprint density at radius 3 is 2.56 bits per heavy atom. The lowest BCUT2D eigenvalue weighted by Gasteiger charge is -2.17. The zero-order valence-corrected chi connectivity index (χ0v) is 14.5. The summed E-state index contributed by atoms with van der Waals surface area (Å²) in [4.78, 5) is 26.8. The Labute approximate surface area is 144 Å². The second-order valence-corrected chi connectivity index (χ2v) is 6.42. The number of carboxylic acids is 1. The number of aliphatic imine (C=N–C) groups is 1. The predicted molar refractivity (Wildman–Crippen MR) is 92.2 cm³/mol. The van der Waals surface area contributed by atoms with Gasteiger partial charge in [-0.2, -0.15) is 10.1 Å². The van der Waals surface area contributed by atoms with E-state index in [1.165, 1.54) is 10.7 Å². The Hall–Kier alpha value is -3.16. The number of carbonyl (C=O) groups is 2. The normalized spacial score (nSPS) is 12.1. The van der Waals surface area contributed by atoms with Gasteiger partial charge >= 0.3 is 12.1 Å². The summed E-state index contributed by atoms with van der Waals surface area (Å²) in [5.41, 5.74) is 6.73. The molecule has 3 N–H and O–H groups in total. The third-order valence-corrected chi connectivity index (χ3v) is 3.04. The highest BCUT2D eigenvalue weighted by Crippen LogP contribution is 2.15. The van der Waals surface area contributed by atoms with E-state index < -0.39 is 17.7 Å². The van der Waals surface area contributed by atoms with Crippen LogP contribution in [0.2, 0.25) is 0 Å². The van der Waals surface area contributed by atoms with E-state index in [4.69, 9.17) is 10.5 Å². The number of ether oxygens (including phenoxy) is 1. The number of carbonyl (C=O) groups excluding carboxylic acids is 1. The fourth-order valence-corrected chi connectivity index (χ4v) is 2.09. The average molecular weight is 344 g/mol. The number of hydrogen-bond acceptors (Lipinski definition) is 4. The molecule has 1 amide bonds. The van der Waals surface area contributed by atoms with Crippen molar-refractivity contribution in [1.29, 1.82) is 0 Å². The molecule has 0 fully saturated rings. The summed E-state index contributed by atoms with van der Waals surface area (Å²) in [7, 11) is 0.